The van der Waals surface area contributed by atoms with Gasteiger partial charge in [0, 0.05) is 22.3 Å². The van der Waals surface area contributed by atoms with Crippen LogP contribution in [-0.4, -0.2) is 10.1 Å². The highest BCUT2D eigenvalue weighted by molar-refractivity contribution is 6.41. The molecular weight excluding hydrogens is 299 g/mol. The summed E-state index contributed by atoms with van der Waals surface area (Å²) in [7, 11) is 0. The Morgan fingerprint density at radius 1 is 1.11 bits per heavy atom. The van der Waals surface area contributed by atoms with Gasteiger partial charge in [-0.05, 0) is 18.2 Å². The van der Waals surface area contributed by atoms with E-state index in [-0.39, 0.29) is 5.69 Å². The van der Waals surface area contributed by atoms with E-state index in [1.54, 1.807) is 0 Å². The minimum absolute atomic E-state index is 0.0278. The molecule has 0 atom stereocenters. The number of pyridine rings is 1. The largest absolute Gasteiger partial charge is 0.390 e. The van der Waals surface area contributed by atoms with Gasteiger partial charge in [0.15, 0.2) is 0 Å². The van der Waals surface area contributed by atoms with Gasteiger partial charge in [0.1, 0.15) is 11.5 Å². The number of aliphatic hydroxyl groups is 1. The number of halogens is 4. The van der Waals surface area contributed by atoms with Crippen molar-refractivity contribution < 1.29 is 9.50 Å². The average molecular weight is 307 g/mol. The molecule has 6 heteroatoms. The maximum atomic E-state index is 13.5. The van der Waals surface area contributed by atoms with Crippen LogP contribution < -0.4 is 0 Å². The zero-order valence-electron chi connectivity index (χ0n) is 8.92. The first-order chi connectivity index (χ1) is 8.52. The first-order valence-corrected chi connectivity index (χ1v) is 6.06. The van der Waals surface area contributed by atoms with Gasteiger partial charge in [-0.25, -0.2) is 4.39 Å². The highest BCUT2D eigenvalue weighted by Gasteiger charge is 2.13. The second kappa shape index (κ2) is 5.41. The van der Waals surface area contributed by atoms with E-state index in [1.807, 2.05) is 0 Å². The minimum Gasteiger partial charge on any atom is -0.390 e. The van der Waals surface area contributed by atoms with Crippen molar-refractivity contribution in [3.63, 3.8) is 0 Å². The van der Waals surface area contributed by atoms with E-state index in [1.165, 1.54) is 24.4 Å². The van der Waals surface area contributed by atoms with Crippen molar-refractivity contribution in [2.45, 2.75) is 6.61 Å². The molecule has 18 heavy (non-hydrogen) atoms. The van der Waals surface area contributed by atoms with Crippen molar-refractivity contribution >= 4 is 34.8 Å². The van der Waals surface area contributed by atoms with Crippen LogP contribution in [0, 0.1) is 5.82 Å². The highest BCUT2D eigenvalue weighted by atomic mass is 35.5. The van der Waals surface area contributed by atoms with E-state index >= 15 is 0 Å². The number of hydrogen-bond acceptors (Lipinski definition) is 2. The second-order valence-corrected chi connectivity index (χ2v) is 4.81. The molecule has 0 unspecified atom stereocenters. The standard InChI is InChI=1S/C12H7Cl3FNO/c13-7-2-8(14)12(9(15)3-7)6-1-10(16)11(5-18)17-4-6/h1-4,18H,5H2. The first kappa shape index (κ1) is 13.6. The molecule has 1 N–H and O–H groups in total. The van der Waals surface area contributed by atoms with Crippen molar-refractivity contribution in [3.05, 3.63) is 51.0 Å². The van der Waals surface area contributed by atoms with Crippen molar-refractivity contribution in [1.82, 2.24) is 4.98 Å². The average Bonchev–Trinajstić information content (AvgIpc) is 2.27. The fraction of sp³-hybridized carbons (Fsp3) is 0.0833. The van der Waals surface area contributed by atoms with Gasteiger partial charge in [0.05, 0.1) is 16.7 Å². The lowest BCUT2D eigenvalue weighted by molar-refractivity contribution is 0.270. The van der Waals surface area contributed by atoms with Crippen LogP contribution in [-0.2, 0) is 6.61 Å². The topological polar surface area (TPSA) is 33.1 Å². The van der Waals surface area contributed by atoms with Crippen LogP contribution in [0.5, 0.6) is 0 Å². The van der Waals surface area contributed by atoms with E-state index in [0.717, 1.165) is 0 Å². The van der Waals surface area contributed by atoms with Gasteiger partial charge in [-0.3, -0.25) is 4.98 Å². The molecule has 0 fully saturated rings. The van der Waals surface area contributed by atoms with Crippen LogP contribution >= 0.6 is 34.8 Å². The predicted molar refractivity (Wildman–Crippen MR) is 70.6 cm³/mol. The Kier molecular flexibility index (Phi) is 4.07. The quantitative estimate of drug-likeness (QED) is 0.895. The maximum Gasteiger partial charge on any atom is 0.147 e. The zero-order chi connectivity index (χ0) is 13.3. The van der Waals surface area contributed by atoms with Gasteiger partial charge in [-0.2, -0.15) is 0 Å². The van der Waals surface area contributed by atoms with E-state index in [0.29, 0.717) is 26.2 Å². The van der Waals surface area contributed by atoms with Crippen LogP contribution in [0.1, 0.15) is 5.69 Å². The lowest BCUT2D eigenvalue weighted by atomic mass is 10.1. The summed E-state index contributed by atoms with van der Waals surface area (Å²) in [5.41, 5.74) is 0.856. The molecule has 94 valence electrons. The Balaban J connectivity index is 2.59. The molecule has 1 heterocycles. The molecule has 2 rings (SSSR count). The summed E-state index contributed by atoms with van der Waals surface area (Å²) in [6.45, 7) is -0.464. The Labute approximate surface area is 118 Å². The minimum atomic E-state index is -0.614. The van der Waals surface area contributed by atoms with Crippen LogP contribution in [0.15, 0.2) is 24.4 Å². The fourth-order valence-corrected chi connectivity index (χ4v) is 2.57. The van der Waals surface area contributed by atoms with Crippen LogP contribution in [0.4, 0.5) is 4.39 Å². The number of hydrogen-bond donors (Lipinski definition) is 1. The first-order valence-electron chi connectivity index (χ1n) is 4.93. The molecule has 0 radical (unpaired) electrons. The molecule has 2 nitrogen and oxygen atoms in total. The zero-order valence-corrected chi connectivity index (χ0v) is 11.2. The Bertz CT molecular complexity index is 581. The molecule has 1 aromatic carbocycles. The SMILES string of the molecule is OCc1ncc(-c2c(Cl)cc(Cl)cc2Cl)cc1F. The summed E-state index contributed by atoms with van der Waals surface area (Å²) in [6.07, 6.45) is 1.40. The molecular formula is C12H7Cl3FNO. The molecule has 0 aliphatic heterocycles. The van der Waals surface area contributed by atoms with E-state index < -0.39 is 12.4 Å². The molecule has 0 bridgehead atoms. The van der Waals surface area contributed by atoms with Crippen molar-refractivity contribution in [3.8, 4) is 11.1 Å². The number of aromatic nitrogens is 1. The van der Waals surface area contributed by atoms with Crippen molar-refractivity contribution in [2.24, 2.45) is 0 Å². The Morgan fingerprint density at radius 3 is 2.22 bits per heavy atom. The summed E-state index contributed by atoms with van der Waals surface area (Å²) in [4.78, 5) is 3.80. The van der Waals surface area contributed by atoms with E-state index in [9.17, 15) is 4.39 Å². The summed E-state index contributed by atoms with van der Waals surface area (Å²) < 4.78 is 13.5. The molecule has 0 saturated carbocycles. The Morgan fingerprint density at radius 2 is 1.72 bits per heavy atom. The number of rotatable bonds is 2. The molecule has 0 aliphatic carbocycles. The Hall–Kier alpha value is -0.870. The van der Waals surface area contributed by atoms with Crippen LogP contribution in [0.3, 0.4) is 0 Å². The van der Waals surface area contributed by atoms with Gasteiger partial charge in [-0.1, -0.05) is 34.8 Å². The van der Waals surface area contributed by atoms with Gasteiger partial charge < -0.3 is 5.11 Å². The smallest absolute Gasteiger partial charge is 0.147 e. The molecule has 0 aliphatic rings. The number of benzene rings is 1. The maximum absolute atomic E-state index is 13.5. The van der Waals surface area contributed by atoms with Gasteiger partial charge in [0.25, 0.3) is 0 Å². The third-order valence-corrected chi connectivity index (χ3v) is 3.18. The highest BCUT2D eigenvalue weighted by Crippen LogP contribution is 2.37. The third kappa shape index (κ3) is 2.59. The lowest BCUT2D eigenvalue weighted by Crippen LogP contribution is -1.95. The van der Waals surface area contributed by atoms with Gasteiger partial charge in [0.2, 0.25) is 0 Å². The van der Waals surface area contributed by atoms with Crippen molar-refractivity contribution in [1.29, 1.82) is 0 Å². The molecule has 0 spiro atoms. The molecule has 0 amide bonds. The van der Waals surface area contributed by atoms with Gasteiger partial charge >= 0.3 is 0 Å². The third-order valence-electron chi connectivity index (χ3n) is 2.36. The monoisotopic (exact) mass is 305 g/mol. The molecule has 1 aromatic heterocycles. The molecule has 2 aromatic rings. The summed E-state index contributed by atoms with van der Waals surface area (Å²) in [6, 6.07) is 4.25. The number of aliphatic hydroxyl groups excluding tert-OH is 1. The van der Waals surface area contributed by atoms with Crippen molar-refractivity contribution in [2.75, 3.05) is 0 Å². The summed E-state index contributed by atoms with van der Waals surface area (Å²) in [5.74, 6) is -0.614. The fourth-order valence-electron chi connectivity index (χ4n) is 1.54. The normalized spacial score (nSPS) is 10.7. The second-order valence-electron chi connectivity index (χ2n) is 3.56. The summed E-state index contributed by atoms with van der Waals surface area (Å²) >= 11 is 17.9. The molecule has 0 saturated heterocycles. The summed E-state index contributed by atoms with van der Waals surface area (Å²) in [5, 5.41) is 9.87. The van der Waals surface area contributed by atoms with Crippen LogP contribution in [0.25, 0.3) is 11.1 Å². The van der Waals surface area contributed by atoms with E-state index in [2.05, 4.69) is 4.98 Å². The predicted octanol–water partition coefficient (Wildman–Crippen LogP) is 4.34. The van der Waals surface area contributed by atoms with Crippen LogP contribution in [0.2, 0.25) is 15.1 Å². The number of nitrogens with zero attached hydrogens (tertiary/aromatic N) is 1. The lowest BCUT2D eigenvalue weighted by Gasteiger charge is -2.08. The van der Waals surface area contributed by atoms with Gasteiger partial charge in [-0.15, -0.1) is 0 Å². The van der Waals surface area contributed by atoms with E-state index in [4.69, 9.17) is 39.9 Å².